The number of hydrogen-bond acceptors (Lipinski definition) is 2. The zero-order chi connectivity index (χ0) is 13.3. The normalized spacial score (nSPS) is 15.4. The van der Waals surface area contributed by atoms with Gasteiger partial charge in [-0.3, -0.25) is 0 Å². The van der Waals surface area contributed by atoms with Crippen molar-refractivity contribution in [1.29, 1.82) is 0 Å². The minimum atomic E-state index is -0.872. The molecule has 0 aliphatic rings. The fourth-order valence-electron chi connectivity index (χ4n) is 1.47. The first kappa shape index (κ1) is 16.2. The number of ether oxygens (including phenoxy) is 1. The molecule has 2 atom stereocenters. The van der Waals surface area contributed by atoms with Crippen LogP contribution in [-0.4, -0.2) is 23.8 Å². The topological polar surface area (TPSA) is 46.5 Å². The van der Waals surface area contributed by atoms with E-state index in [2.05, 4.69) is 26.8 Å². The second-order valence-electron chi connectivity index (χ2n) is 4.90. The molecule has 0 radical (unpaired) electrons. The first-order valence-electron chi connectivity index (χ1n) is 6.50. The first-order valence-corrected chi connectivity index (χ1v) is 6.50. The van der Waals surface area contributed by atoms with Crippen molar-refractivity contribution in [2.45, 2.75) is 53.1 Å². The summed E-state index contributed by atoms with van der Waals surface area (Å²) < 4.78 is 5.41. The summed E-state index contributed by atoms with van der Waals surface area (Å²) in [5, 5.41) is 9.09. The second-order valence-corrected chi connectivity index (χ2v) is 4.90. The summed E-state index contributed by atoms with van der Waals surface area (Å²) in [6.07, 6.45) is 6.19. The molecule has 2 unspecified atom stereocenters. The third-order valence-electron chi connectivity index (χ3n) is 2.56. The van der Waals surface area contributed by atoms with Gasteiger partial charge >= 0.3 is 5.97 Å². The molecule has 3 heteroatoms. The largest absolute Gasteiger partial charge is 0.479 e. The number of unbranched alkanes of at least 4 members (excludes halogenated alkanes) is 1. The maximum Gasteiger partial charge on any atom is 0.333 e. The number of carboxylic acid groups (broad SMARTS) is 1. The lowest BCUT2D eigenvalue weighted by Gasteiger charge is -2.17. The lowest BCUT2D eigenvalue weighted by Crippen LogP contribution is -2.30. The van der Waals surface area contributed by atoms with E-state index < -0.39 is 12.1 Å². The average Bonchev–Trinajstić information content (AvgIpc) is 2.23. The van der Waals surface area contributed by atoms with Crippen molar-refractivity contribution >= 4 is 5.97 Å². The molecule has 0 aliphatic heterocycles. The van der Waals surface area contributed by atoms with E-state index in [1.807, 2.05) is 13.0 Å². The number of rotatable bonds is 9. The maximum absolute atomic E-state index is 11.1. The smallest absolute Gasteiger partial charge is 0.333 e. The van der Waals surface area contributed by atoms with Gasteiger partial charge in [-0.05, 0) is 18.8 Å². The highest BCUT2D eigenvalue weighted by molar-refractivity contribution is 5.73. The molecule has 3 nitrogen and oxygen atoms in total. The Bertz CT molecular complexity index is 234. The van der Waals surface area contributed by atoms with Gasteiger partial charge in [0.2, 0.25) is 0 Å². The predicted molar refractivity (Wildman–Crippen MR) is 70.0 cm³/mol. The molecule has 0 spiro atoms. The Morgan fingerprint density at radius 2 is 2.00 bits per heavy atom. The van der Waals surface area contributed by atoms with Gasteiger partial charge in [-0.2, -0.15) is 0 Å². The van der Waals surface area contributed by atoms with E-state index >= 15 is 0 Å². The highest BCUT2D eigenvalue weighted by Crippen LogP contribution is 2.12. The van der Waals surface area contributed by atoms with Crippen LogP contribution in [-0.2, 0) is 9.53 Å². The molecule has 0 saturated carbocycles. The number of aliphatic carboxylic acids is 1. The Hall–Kier alpha value is -0.830. The van der Waals surface area contributed by atoms with E-state index in [4.69, 9.17) is 9.84 Å². The van der Waals surface area contributed by atoms with Crippen LogP contribution in [0.4, 0.5) is 0 Å². The third-order valence-corrected chi connectivity index (χ3v) is 2.56. The second kappa shape index (κ2) is 9.23. The molecule has 17 heavy (non-hydrogen) atoms. The Kier molecular flexibility index (Phi) is 8.78. The van der Waals surface area contributed by atoms with Crippen molar-refractivity contribution in [1.82, 2.24) is 0 Å². The number of carbonyl (C=O) groups is 1. The van der Waals surface area contributed by atoms with E-state index in [0.29, 0.717) is 12.5 Å². The average molecular weight is 242 g/mol. The molecule has 0 bridgehead atoms. The third kappa shape index (κ3) is 7.97. The summed E-state index contributed by atoms with van der Waals surface area (Å²) in [6, 6.07) is 0. The quantitative estimate of drug-likeness (QED) is 0.497. The maximum atomic E-state index is 11.1. The van der Waals surface area contributed by atoms with Gasteiger partial charge in [0.05, 0.1) is 0 Å². The summed E-state index contributed by atoms with van der Waals surface area (Å²) in [5.74, 6) is -0.353. The summed E-state index contributed by atoms with van der Waals surface area (Å²) in [7, 11) is 0. The lowest BCUT2D eigenvalue weighted by molar-refractivity contribution is -0.152. The minimum absolute atomic E-state index is 0.0805. The molecule has 0 aromatic carbocycles. The monoisotopic (exact) mass is 242 g/mol. The molecular weight excluding hydrogens is 216 g/mol. The summed E-state index contributed by atoms with van der Waals surface area (Å²) in [5.41, 5.74) is 0. The van der Waals surface area contributed by atoms with Crippen LogP contribution in [0.5, 0.6) is 0 Å². The standard InChI is InChI=1S/C14H26O3/c1-5-6-10-17-13(14(15)16)12(4)9-7-8-11(2)3/h7,9,11-13H,5-6,8,10H2,1-4H3,(H,15,16). The van der Waals surface area contributed by atoms with E-state index in [0.717, 1.165) is 19.3 Å². The van der Waals surface area contributed by atoms with Gasteiger partial charge in [0, 0.05) is 12.5 Å². The summed E-state index contributed by atoms with van der Waals surface area (Å²) in [4.78, 5) is 11.1. The minimum Gasteiger partial charge on any atom is -0.479 e. The van der Waals surface area contributed by atoms with E-state index in [-0.39, 0.29) is 5.92 Å². The molecule has 0 aromatic rings. The van der Waals surface area contributed by atoms with E-state index in [1.54, 1.807) is 0 Å². The molecule has 100 valence electrons. The van der Waals surface area contributed by atoms with Gasteiger partial charge in [-0.1, -0.05) is 46.3 Å². The van der Waals surface area contributed by atoms with Crippen LogP contribution < -0.4 is 0 Å². The molecule has 0 saturated heterocycles. The van der Waals surface area contributed by atoms with Crippen LogP contribution in [0.1, 0.15) is 47.0 Å². The van der Waals surface area contributed by atoms with Crippen LogP contribution in [0.3, 0.4) is 0 Å². The zero-order valence-corrected chi connectivity index (χ0v) is 11.5. The van der Waals surface area contributed by atoms with Crippen molar-refractivity contribution in [2.75, 3.05) is 6.61 Å². The molecule has 0 heterocycles. The van der Waals surface area contributed by atoms with Gasteiger partial charge < -0.3 is 9.84 Å². The van der Waals surface area contributed by atoms with Crippen molar-refractivity contribution in [3.63, 3.8) is 0 Å². The number of allylic oxidation sites excluding steroid dienone is 1. The summed E-state index contributed by atoms with van der Waals surface area (Å²) >= 11 is 0. The van der Waals surface area contributed by atoms with Gasteiger partial charge in [0.25, 0.3) is 0 Å². The van der Waals surface area contributed by atoms with Gasteiger partial charge in [0.15, 0.2) is 6.10 Å². The van der Waals surface area contributed by atoms with E-state index in [9.17, 15) is 4.79 Å². The van der Waals surface area contributed by atoms with Crippen LogP contribution in [0, 0.1) is 11.8 Å². The van der Waals surface area contributed by atoms with Crippen LogP contribution >= 0.6 is 0 Å². The molecule has 0 aromatic heterocycles. The van der Waals surface area contributed by atoms with E-state index in [1.165, 1.54) is 0 Å². The van der Waals surface area contributed by atoms with Gasteiger partial charge in [-0.25, -0.2) is 4.79 Å². The molecule has 1 N–H and O–H groups in total. The zero-order valence-electron chi connectivity index (χ0n) is 11.5. The highest BCUT2D eigenvalue weighted by Gasteiger charge is 2.23. The first-order chi connectivity index (χ1) is 7.99. The Morgan fingerprint density at radius 3 is 2.47 bits per heavy atom. The molecule has 0 fully saturated rings. The summed E-state index contributed by atoms with van der Waals surface area (Å²) in [6.45, 7) is 8.76. The lowest BCUT2D eigenvalue weighted by atomic mass is 10.0. The van der Waals surface area contributed by atoms with Crippen LogP contribution in [0.15, 0.2) is 12.2 Å². The Balaban J connectivity index is 4.19. The molecular formula is C14H26O3. The number of carboxylic acids is 1. The van der Waals surface area contributed by atoms with Crippen LogP contribution in [0.2, 0.25) is 0 Å². The van der Waals surface area contributed by atoms with Crippen molar-refractivity contribution in [3.05, 3.63) is 12.2 Å². The predicted octanol–water partition coefficient (Wildman–Crippen LogP) is 3.49. The van der Waals surface area contributed by atoms with Crippen molar-refractivity contribution < 1.29 is 14.6 Å². The van der Waals surface area contributed by atoms with Gasteiger partial charge in [0.1, 0.15) is 0 Å². The van der Waals surface area contributed by atoms with Crippen molar-refractivity contribution in [2.24, 2.45) is 11.8 Å². The molecule has 0 amide bonds. The van der Waals surface area contributed by atoms with Crippen molar-refractivity contribution in [3.8, 4) is 0 Å². The molecule has 0 rings (SSSR count). The SMILES string of the molecule is CCCCOC(C(=O)O)C(C)C=CCC(C)C. The number of hydrogen-bond donors (Lipinski definition) is 1. The molecule has 0 aliphatic carbocycles. The Labute approximate surface area is 105 Å². The fourth-order valence-corrected chi connectivity index (χ4v) is 1.47. The highest BCUT2D eigenvalue weighted by atomic mass is 16.5. The van der Waals surface area contributed by atoms with Crippen LogP contribution in [0.25, 0.3) is 0 Å². The fraction of sp³-hybridized carbons (Fsp3) is 0.786. The van der Waals surface area contributed by atoms with Gasteiger partial charge in [-0.15, -0.1) is 0 Å². The Morgan fingerprint density at radius 1 is 1.35 bits per heavy atom.